The van der Waals surface area contributed by atoms with Crippen molar-refractivity contribution >= 4 is 26.5 Å². The minimum absolute atomic E-state index is 0.182. The second kappa shape index (κ2) is 6.12. The first-order chi connectivity index (χ1) is 9.83. The van der Waals surface area contributed by atoms with Crippen molar-refractivity contribution in [2.75, 3.05) is 11.8 Å². The lowest BCUT2D eigenvalue weighted by Gasteiger charge is -2.11. The molecule has 2 N–H and O–H groups in total. The maximum Gasteiger partial charge on any atom is 0.265 e. The van der Waals surface area contributed by atoms with E-state index in [0.717, 1.165) is 5.69 Å². The molecule has 9 heteroatoms. The van der Waals surface area contributed by atoms with Crippen LogP contribution >= 0.6 is 11.3 Å². The number of sulfonamides is 1. The van der Waals surface area contributed by atoms with Gasteiger partial charge in [0.1, 0.15) is 9.90 Å². The molecule has 0 bridgehead atoms. The van der Waals surface area contributed by atoms with Gasteiger partial charge >= 0.3 is 0 Å². The summed E-state index contributed by atoms with van der Waals surface area (Å²) in [4.78, 5) is 0.231. The van der Waals surface area contributed by atoms with Crippen LogP contribution in [0.25, 0.3) is 0 Å². The Balaban J connectivity index is 2.33. The summed E-state index contributed by atoms with van der Waals surface area (Å²) in [6.07, 6.45) is 1.65. The molecule has 0 unspecified atom stereocenters. The average molecular weight is 329 g/mol. The van der Waals surface area contributed by atoms with Gasteiger partial charge in [-0.25, -0.2) is 8.42 Å². The third-order valence-electron chi connectivity index (χ3n) is 2.88. The Kier molecular flexibility index (Phi) is 4.64. The van der Waals surface area contributed by atoms with Crippen molar-refractivity contribution in [3.05, 3.63) is 23.0 Å². The zero-order chi connectivity index (χ0) is 15.6. The zero-order valence-corrected chi connectivity index (χ0v) is 14.0. The molecule has 0 amide bonds. The summed E-state index contributed by atoms with van der Waals surface area (Å²) < 4.78 is 29.2. The molecule has 0 aliphatic carbocycles. The van der Waals surface area contributed by atoms with Crippen molar-refractivity contribution in [3.8, 4) is 0 Å². The van der Waals surface area contributed by atoms with Gasteiger partial charge in [-0.05, 0) is 33.9 Å². The Labute approximate surface area is 128 Å². The number of aromatic nitrogens is 3. The molecule has 0 aliphatic rings. The second-order valence-electron chi connectivity index (χ2n) is 4.93. The van der Waals surface area contributed by atoms with Crippen molar-refractivity contribution in [2.24, 2.45) is 0 Å². The molecule has 0 radical (unpaired) electrons. The molecule has 21 heavy (non-hydrogen) atoms. The SMILES string of the molecule is CNCc1cc(S(=O)(=O)Nc2nnc(C)s2)cn1C(C)C. The minimum atomic E-state index is -3.64. The van der Waals surface area contributed by atoms with Gasteiger partial charge in [0.15, 0.2) is 0 Å². The van der Waals surface area contributed by atoms with E-state index in [9.17, 15) is 8.42 Å². The highest BCUT2D eigenvalue weighted by molar-refractivity contribution is 7.93. The highest BCUT2D eigenvalue weighted by Crippen LogP contribution is 2.23. The van der Waals surface area contributed by atoms with E-state index in [0.29, 0.717) is 11.6 Å². The summed E-state index contributed by atoms with van der Waals surface area (Å²) in [5.74, 6) is 0. The van der Waals surface area contributed by atoms with Crippen LogP contribution in [-0.2, 0) is 16.6 Å². The van der Waals surface area contributed by atoms with E-state index in [1.807, 2.05) is 25.5 Å². The molecular formula is C12H19N5O2S2. The number of nitrogens with one attached hydrogen (secondary N) is 2. The highest BCUT2D eigenvalue weighted by atomic mass is 32.2. The van der Waals surface area contributed by atoms with Gasteiger partial charge in [-0.3, -0.25) is 4.72 Å². The molecular weight excluding hydrogens is 310 g/mol. The Bertz CT molecular complexity index is 718. The Morgan fingerprint density at radius 2 is 2.10 bits per heavy atom. The van der Waals surface area contributed by atoms with Crippen molar-refractivity contribution in [1.29, 1.82) is 0 Å². The van der Waals surface area contributed by atoms with Gasteiger partial charge in [0.05, 0.1) is 0 Å². The molecule has 2 aromatic rings. The molecule has 0 saturated heterocycles. The smallest absolute Gasteiger partial charge is 0.265 e. The molecule has 2 aromatic heterocycles. The van der Waals surface area contributed by atoms with Crippen molar-refractivity contribution in [3.63, 3.8) is 0 Å². The van der Waals surface area contributed by atoms with Crippen LogP contribution in [0.15, 0.2) is 17.2 Å². The average Bonchev–Trinajstić information content (AvgIpc) is 2.96. The lowest BCUT2D eigenvalue weighted by molar-refractivity contribution is 0.562. The van der Waals surface area contributed by atoms with Crippen LogP contribution in [0, 0.1) is 6.92 Å². The van der Waals surface area contributed by atoms with Gasteiger partial charge in [0, 0.05) is 24.5 Å². The number of nitrogens with zero attached hydrogens (tertiary/aromatic N) is 3. The van der Waals surface area contributed by atoms with E-state index in [1.165, 1.54) is 11.3 Å². The van der Waals surface area contributed by atoms with Gasteiger partial charge < -0.3 is 9.88 Å². The predicted octanol–water partition coefficient (Wildman–Crippen LogP) is 1.75. The van der Waals surface area contributed by atoms with Crippen molar-refractivity contribution in [1.82, 2.24) is 20.1 Å². The molecule has 0 aromatic carbocycles. The maximum absolute atomic E-state index is 12.4. The lowest BCUT2D eigenvalue weighted by Crippen LogP contribution is -2.12. The topological polar surface area (TPSA) is 88.9 Å². The molecule has 0 aliphatic heterocycles. The van der Waals surface area contributed by atoms with Crippen LogP contribution in [-0.4, -0.2) is 30.2 Å². The number of aryl methyl sites for hydroxylation is 1. The number of hydrogen-bond donors (Lipinski definition) is 2. The third kappa shape index (κ3) is 3.60. The number of rotatable bonds is 6. The van der Waals surface area contributed by atoms with Crippen LogP contribution < -0.4 is 10.0 Å². The summed E-state index contributed by atoms with van der Waals surface area (Å²) in [6.45, 7) is 6.40. The van der Waals surface area contributed by atoms with E-state index < -0.39 is 10.0 Å². The van der Waals surface area contributed by atoms with Gasteiger partial charge in [-0.15, -0.1) is 10.2 Å². The molecule has 0 saturated carbocycles. The Hall–Kier alpha value is -1.45. The summed E-state index contributed by atoms with van der Waals surface area (Å²) >= 11 is 1.21. The van der Waals surface area contributed by atoms with E-state index in [4.69, 9.17) is 0 Å². The fraction of sp³-hybridized carbons (Fsp3) is 0.500. The van der Waals surface area contributed by atoms with Crippen molar-refractivity contribution in [2.45, 2.75) is 38.3 Å². The predicted molar refractivity (Wildman–Crippen MR) is 83.0 cm³/mol. The number of anilines is 1. The molecule has 7 nitrogen and oxygen atoms in total. The molecule has 0 fully saturated rings. The standard InChI is InChI=1S/C12H19N5O2S2/c1-8(2)17-7-11(5-10(17)6-13-4)21(18,19)16-12-15-14-9(3)20-12/h5,7-8,13H,6H2,1-4H3,(H,15,16). The molecule has 0 spiro atoms. The van der Waals surface area contributed by atoms with Gasteiger partial charge in [-0.1, -0.05) is 11.3 Å². The lowest BCUT2D eigenvalue weighted by atomic mass is 10.3. The van der Waals surface area contributed by atoms with Crippen LogP contribution in [0.5, 0.6) is 0 Å². The quantitative estimate of drug-likeness (QED) is 0.843. The third-order valence-corrected chi connectivity index (χ3v) is 5.07. The fourth-order valence-corrected chi connectivity index (χ4v) is 3.83. The summed E-state index contributed by atoms with van der Waals surface area (Å²) in [6, 6.07) is 1.85. The molecule has 2 rings (SSSR count). The van der Waals surface area contributed by atoms with Crippen LogP contribution in [0.2, 0.25) is 0 Å². The largest absolute Gasteiger partial charge is 0.346 e. The normalized spacial score (nSPS) is 12.0. The Morgan fingerprint density at radius 1 is 1.38 bits per heavy atom. The Morgan fingerprint density at radius 3 is 2.62 bits per heavy atom. The highest BCUT2D eigenvalue weighted by Gasteiger charge is 2.20. The van der Waals surface area contributed by atoms with E-state index in [-0.39, 0.29) is 16.1 Å². The van der Waals surface area contributed by atoms with Gasteiger partial charge in [0.2, 0.25) is 5.13 Å². The van der Waals surface area contributed by atoms with Gasteiger partial charge in [-0.2, -0.15) is 0 Å². The first-order valence-corrected chi connectivity index (χ1v) is 8.81. The fourth-order valence-electron chi connectivity index (χ4n) is 1.96. The monoisotopic (exact) mass is 329 g/mol. The molecule has 2 heterocycles. The first-order valence-electron chi connectivity index (χ1n) is 6.51. The number of hydrogen-bond acceptors (Lipinski definition) is 6. The molecule has 0 atom stereocenters. The van der Waals surface area contributed by atoms with E-state index >= 15 is 0 Å². The summed E-state index contributed by atoms with van der Waals surface area (Å²) in [5, 5.41) is 11.6. The summed E-state index contributed by atoms with van der Waals surface area (Å²) in [7, 11) is -1.82. The molecule has 116 valence electrons. The first kappa shape index (κ1) is 15.9. The van der Waals surface area contributed by atoms with Crippen molar-refractivity contribution < 1.29 is 8.42 Å². The minimum Gasteiger partial charge on any atom is -0.346 e. The summed E-state index contributed by atoms with van der Waals surface area (Å²) in [5.41, 5.74) is 0.918. The van der Waals surface area contributed by atoms with E-state index in [2.05, 4.69) is 20.2 Å². The zero-order valence-electron chi connectivity index (χ0n) is 12.4. The maximum atomic E-state index is 12.4. The van der Waals surface area contributed by atoms with Crippen LogP contribution in [0.3, 0.4) is 0 Å². The van der Waals surface area contributed by atoms with Crippen LogP contribution in [0.1, 0.15) is 30.6 Å². The second-order valence-corrected chi connectivity index (χ2v) is 7.79. The van der Waals surface area contributed by atoms with Crippen LogP contribution in [0.4, 0.5) is 5.13 Å². The van der Waals surface area contributed by atoms with E-state index in [1.54, 1.807) is 19.2 Å². The van der Waals surface area contributed by atoms with Gasteiger partial charge in [0.25, 0.3) is 10.0 Å².